The van der Waals surface area contributed by atoms with Gasteiger partial charge in [0.25, 0.3) is 5.69 Å². The zero-order chi connectivity index (χ0) is 14.1. The van der Waals surface area contributed by atoms with Gasteiger partial charge in [0.2, 0.25) is 0 Å². The number of carbonyl (C=O) groups excluding carboxylic acids is 1. The van der Waals surface area contributed by atoms with Gasteiger partial charge in [-0.15, -0.1) is 0 Å². The van der Waals surface area contributed by atoms with Crippen molar-refractivity contribution in [2.75, 3.05) is 0 Å². The van der Waals surface area contributed by atoms with Crippen molar-refractivity contribution in [3.8, 4) is 0 Å². The van der Waals surface area contributed by atoms with Crippen LogP contribution in [0.1, 0.15) is 41.5 Å². The summed E-state index contributed by atoms with van der Waals surface area (Å²) in [6.07, 6.45) is 0. The molecule has 0 radical (unpaired) electrons. The van der Waals surface area contributed by atoms with Gasteiger partial charge in [-0.2, -0.15) is 0 Å². The third-order valence-corrected chi connectivity index (χ3v) is 2.37. The number of hydrogen-bond acceptors (Lipinski definition) is 4. The quantitative estimate of drug-likeness (QED) is 0.505. The molecule has 0 aliphatic carbocycles. The molecular weight excluding hydrogens is 238 g/mol. The van der Waals surface area contributed by atoms with Gasteiger partial charge in [0.15, 0.2) is 5.78 Å². The Labute approximate surface area is 103 Å². The van der Waals surface area contributed by atoms with Crippen LogP contribution in [0.5, 0.6) is 0 Å². The number of rotatable bonds is 3. The number of ketones is 1. The maximum atomic E-state index is 12.1. The number of nitrogens with zero attached hydrogens (tertiary/aromatic N) is 1. The maximum Gasteiger partial charge on any atom is 0.336 e. The van der Waals surface area contributed by atoms with E-state index in [0.29, 0.717) is 0 Å². The number of hydrogen-bond donors (Lipinski definition) is 1. The van der Waals surface area contributed by atoms with E-state index < -0.39 is 22.1 Å². The number of nitro benzene ring substituents is 1. The second-order valence-electron chi connectivity index (χ2n) is 4.87. The van der Waals surface area contributed by atoms with Crippen LogP contribution in [0.4, 0.5) is 5.69 Å². The molecule has 96 valence electrons. The van der Waals surface area contributed by atoms with E-state index in [4.69, 9.17) is 5.11 Å². The van der Waals surface area contributed by atoms with Crippen LogP contribution >= 0.6 is 0 Å². The highest BCUT2D eigenvalue weighted by Gasteiger charge is 2.28. The molecule has 1 aromatic rings. The number of carbonyl (C=O) groups is 2. The predicted molar refractivity (Wildman–Crippen MR) is 63.8 cm³/mol. The third kappa shape index (κ3) is 2.71. The van der Waals surface area contributed by atoms with Gasteiger partial charge < -0.3 is 5.11 Å². The summed E-state index contributed by atoms with van der Waals surface area (Å²) in [6, 6.07) is 3.17. The van der Waals surface area contributed by atoms with E-state index >= 15 is 0 Å². The van der Waals surface area contributed by atoms with E-state index in [1.54, 1.807) is 20.8 Å². The van der Waals surface area contributed by atoms with Crippen LogP contribution in [0.15, 0.2) is 18.2 Å². The molecule has 0 heterocycles. The maximum absolute atomic E-state index is 12.1. The summed E-state index contributed by atoms with van der Waals surface area (Å²) in [4.78, 5) is 33.1. The predicted octanol–water partition coefficient (Wildman–Crippen LogP) is 2.52. The smallest absolute Gasteiger partial charge is 0.336 e. The lowest BCUT2D eigenvalue weighted by Gasteiger charge is -2.17. The monoisotopic (exact) mass is 251 g/mol. The van der Waals surface area contributed by atoms with Gasteiger partial charge in [0.05, 0.1) is 10.5 Å². The van der Waals surface area contributed by atoms with E-state index in [1.165, 1.54) is 0 Å². The minimum absolute atomic E-state index is 0.135. The molecule has 0 saturated heterocycles. The molecule has 0 aliphatic heterocycles. The van der Waals surface area contributed by atoms with Gasteiger partial charge in [-0.25, -0.2) is 4.79 Å². The third-order valence-electron chi connectivity index (χ3n) is 2.37. The normalized spacial score (nSPS) is 11.1. The summed E-state index contributed by atoms with van der Waals surface area (Å²) in [7, 11) is 0. The second-order valence-corrected chi connectivity index (χ2v) is 4.87. The van der Waals surface area contributed by atoms with Crippen molar-refractivity contribution in [1.29, 1.82) is 0 Å². The average Bonchev–Trinajstić information content (AvgIpc) is 2.25. The van der Waals surface area contributed by atoms with Crippen molar-refractivity contribution in [2.24, 2.45) is 5.41 Å². The van der Waals surface area contributed by atoms with Gasteiger partial charge in [-0.05, 0) is 6.07 Å². The second kappa shape index (κ2) is 4.56. The van der Waals surface area contributed by atoms with Crippen molar-refractivity contribution in [1.82, 2.24) is 0 Å². The fraction of sp³-hybridized carbons (Fsp3) is 0.333. The average molecular weight is 251 g/mol. The van der Waals surface area contributed by atoms with E-state index in [9.17, 15) is 19.7 Å². The molecule has 1 N–H and O–H groups in total. The molecule has 0 amide bonds. The summed E-state index contributed by atoms with van der Waals surface area (Å²) >= 11 is 0. The lowest BCUT2D eigenvalue weighted by atomic mass is 9.84. The minimum Gasteiger partial charge on any atom is -0.478 e. The van der Waals surface area contributed by atoms with Crippen molar-refractivity contribution in [2.45, 2.75) is 20.8 Å². The summed E-state index contributed by atoms with van der Waals surface area (Å²) in [5, 5.41) is 19.6. The molecule has 0 aromatic heterocycles. The Balaban J connectivity index is 3.46. The van der Waals surface area contributed by atoms with E-state index in [-0.39, 0.29) is 16.8 Å². The fourth-order valence-corrected chi connectivity index (χ4v) is 1.42. The zero-order valence-electron chi connectivity index (χ0n) is 10.3. The molecule has 0 unspecified atom stereocenters. The first kappa shape index (κ1) is 13.8. The first-order valence-electron chi connectivity index (χ1n) is 5.21. The fourth-order valence-electron chi connectivity index (χ4n) is 1.42. The van der Waals surface area contributed by atoms with Crippen molar-refractivity contribution in [3.63, 3.8) is 0 Å². The van der Waals surface area contributed by atoms with Gasteiger partial charge in [0, 0.05) is 23.1 Å². The molecule has 0 spiro atoms. The number of carboxylic acids is 1. The molecule has 6 heteroatoms. The van der Waals surface area contributed by atoms with E-state index in [1.807, 2.05) is 0 Å². The van der Waals surface area contributed by atoms with Crippen molar-refractivity contribution in [3.05, 3.63) is 39.4 Å². The number of aromatic carboxylic acids is 1. The van der Waals surface area contributed by atoms with Crippen LogP contribution in [-0.2, 0) is 0 Å². The first-order valence-corrected chi connectivity index (χ1v) is 5.21. The Morgan fingerprint density at radius 3 is 2.17 bits per heavy atom. The lowest BCUT2D eigenvalue weighted by Crippen LogP contribution is -2.23. The molecule has 18 heavy (non-hydrogen) atoms. The van der Waals surface area contributed by atoms with E-state index in [2.05, 4.69) is 0 Å². The van der Waals surface area contributed by atoms with Crippen LogP contribution in [0.2, 0.25) is 0 Å². The van der Waals surface area contributed by atoms with Gasteiger partial charge >= 0.3 is 5.97 Å². The molecule has 0 saturated carbocycles. The summed E-state index contributed by atoms with van der Waals surface area (Å²) in [5.74, 6) is -1.72. The highest BCUT2D eigenvalue weighted by Crippen LogP contribution is 2.26. The van der Waals surface area contributed by atoms with E-state index in [0.717, 1.165) is 18.2 Å². The largest absolute Gasteiger partial charge is 0.478 e. The highest BCUT2D eigenvalue weighted by atomic mass is 16.6. The van der Waals surface area contributed by atoms with Gasteiger partial charge in [0.1, 0.15) is 0 Å². The Hall–Kier alpha value is -2.24. The van der Waals surface area contributed by atoms with Gasteiger partial charge in [-0.1, -0.05) is 20.8 Å². The van der Waals surface area contributed by atoms with Crippen LogP contribution in [0.25, 0.3) is 0 Å². The van der Waals surface area contributed by atoms with Crippen LogP contribution in [0.3, 0.4) is 0 Å². The molecule has 0 aliphatic rings. The standard InChI is InChI=1S/C12H13NO5/c1-12(2,3)10(14)9-6-7(13(17)18)4-5-8(9)11(15)16/h4-6H,1-3H3,(H,15,16). The topological polar surface area (TPSA) is 97.5 Å². The molecule has 0 bridgehead atoms. The van der Waals surface area contributed by atoms with Crippen molar-refractivity contribution < 1.29 is 19.6 Å². The molecule has 6 nitrogen and oxygen atoms in total. The number of benzene rings is 1. The molecule has 0 fully saturated rings. The Morgan fingerprint density at radius 1 is 1.22 bits per heavy atom. The lowest BCUT2D eigenvalue weighted by molar-refractivity contribution is -0.384. The van der Waals surface area contributed by atoms with Gasteiger partial charge in [-0.3, -0.25) is 14.9 Å². The molecule has 1 rings (SSSR count). The molecular formula is C12H13NO5. The minimum atomic E-state index is -1.28. The number of nitro groups is 1. The highest BCUT2D eigenvalue weighted by molar-refractivity contribution is 6.08. The zero-order valence-corrected chi connectivity index (χ0v) is 10.3. The molecule has 1 aromatic carbocycles. The van der Waals surface area contributed by atoms with Crippen LogP contribution < -0.4 is 0 Å². The summed E-state index contributed by atoms with van der Waals surface area (Å²) < 4.78 is 0. The Morgan fingerprint density at radius 2 is 1.78 bits per heavy atom. The SMILES string of the molecule is CC(C)(C)C(=O)c1cc([N+](=O)[O-])ccc1C(=O)O. The summed E-state index contributed by atoms with van der Waals surface area (Å²) in [6.45, 7) is 4.87. The van der Waals surface area contributed by atoms with Crippen molar-refractivity contribution >= 4 is 17.4 Å². The first-order chi connectivity index (χ1) is 8.14. The number of carboxylic acid groups (broad SMARTS) is 1. The number of Topliss-reactive ketones (excluding diaryl/α,β-unsaturated/α-hetero) is 1. The molecule has 0 atom stereocenters. The Bertz CT molecular complexity index is 528. The van der Waals surface area contributed by atoms with Crippen LogP contribution in [0, 0.1) is 15.5 Å². The van der Waals surface area contributed by atoms with Crippen LogP contribution in [-0.4, -0.2) is 21.8 Å². The number of non-ortho nitro benzene ring substituents is 1. The summed E-state index contributed by atoms with van der Waals surface area (Å²) in [5.41, 5.74) is -1.46. The Kier molecular flexibility index (Phi) is 3.50.